The summed E-state index contributed by atoms with van der Waals surface area (Å²) in [7, 11) is 0. The van der Waals surface area contributed by atoms with E-state index in [4.69, 9.17) is 0 Å². The van der Waals surface area contributed by atoms with Crippen molar-refractivity contribution in [1.82, 2.24) is 0 Å². The van der Waals surface area contributed by atoms with Gasteiger partial charge in [-0.05, 0) is 41.5 Å². The topological polar surface area (TPSA) is 20.2 Å². The molecule has 1 atom stereocenters. The highest BCUT2D eigenvalue weighted by atomic mass is 16.6. The Morgan fingerprint density at radius 1 is 1.27 bits per heavy atom. The predicted octanol–water partition coefficient (Wildman–Crippen LogP) is 2.42. The zero-order chi connectivity index (χ0) is 9.28. The second-order valence-electron chi connectivity index (χ2n) is 4.41. The minimum absolute atomic E-state index is 0.0804. The number of quaternary nitrogens is 1. The molecule has 0 fully saturated rings. The van der Waals surface area contributed by atoms with Crippen molar-refractivity contribution in [3.8, 4) is 0 Å². The predicted molar refractivity (Wildman–Crippen MR) is 47.5 cm³/mol. The molecule has 0 aliphatic carbocycles. The normalized spacial score (nSPS) is 18.5. The minimum Gasteiger partial charge on any atom is -0.216 e. The summed E-state index contributed by atoms with van der Waals surface area (Å²) in [5, 5.41) is 10.2. The third-order valence-electron chi connectivity index (χ3n) is 2.50. The largest absolute Gasteiger partial charge is 0.216 e. The minimum atomic E-state index is -0.0804. The van der Waals surface area contributed by atoms with Crippen molar-refractivity contribution in [2.24, 2.45) is 0 Å². The van der Waals surface area contributed by atoms with E-state index in [1.165, 1.54) is 0 Å². The van der Waals surface area contributed by atoms with Crippen LogP contribution in [0.1, 0.15) is 41.5 Å². The monoisotopic (exact) mass is 160 g/mol. The molecule has 0 aromatic heterocycles. The molecule has 0 aromatic carbocycles. The molecule has 0 radical (unpaired) electrons. The Labute approximate surface area is 70.4 Å². The van der Waals surface area contributed by atoms with Crippen molar-refractivity contribution in [3.63, 3.8) is 0 Å². The van der Waals surface area contributed by atoms with E-state index in [1.807, 2.05) is 6.92 Å². The summed E-state index contributed by atoms with van der Waals surface area (Å²) in [6.07, 6.45) is 0. The maximum Gasteiger partial charge on any atom is 0.121 e. The van der Waals surface area contributed by atoms with Gasteiger partial charge >= 0.3 is 0 Å². The van der Waals surface area contributed by atoms with Gasteiger partial charge in [-0.1, -0.05) is 0 Å². The van der Waals surface area contributed by atoms with Crippen LogP contribution in [-0.2, 0) is 0 Å². The fourth-order valence-electron chi connectivity index (χ4n) is 1.61. The highest BCUT2D eigenvalue weighted by molar-refractivity contribution is 4.61. The standard InChI is InChI=1S/C9H22NO/c1-7-10(11,8(2)3)9(4,5)6/h8,11H,7H2,1-6H3/q+1. The first-order chi connectivity index (χ1) is 4.75. The smallest absolute Gasteiger partial charge is 0.121 e. The SMILES string of the molecule is CC[N+](O)(C(C)C)C(C)(C)C. The van der Waals surface area contributed by atoms with E-state index < -0.39 is 0 Å². The van der Waals surface area contributed by atoms with Gasteiger partial charge in [0.1, 0.15) is 18.1 Å². The van der Waals surface area contributed by atoms with Crippen molar-refractivity contribution in [2.45, 2.75) is 53.1 Å². The molecular weight excluding hydrogens is 138 g/mol. The van der Waals surface area contributed by atoms with Crippen molar-refractivity contribution >= 4 is 0 Å². The van der Waals surface area contributed by atoms with Crippen LogP contribution in [0.2, 0.25) is 0 Å². The van der Waals surface area contributed by atoms with Gasteiger partial charge in [-0.2, -0.15) is 4.65 Å². The third-order valence-corrected chi connectivity index (χ3v) is 2.50. The lowest BCUT2D eigenvalue weighted by molar-refractivity contribution is -1.15. The first kappa shape index (κ1) is 10.9. The molecule has 11 heavy (non-hydrogen) atoms. The molecule has 0 bridgehead atoms. The third kappa shape index (κ3) is 1.94. The Morgan fingerprint density at radius 3 is 1.64 bits per heavy atom. The molecule has 0 aliphatic heterocycles. The number of rotatable bonds is 2. The van der Waals surface area contributed by atoms with Crippen LogP contribution in [0, 0.1) is 0 Å². The molecular formula is C9H22NO+. The molecule has 1 unspecified atom stereocenters. The summed E-state index contributed by atoms with van der Waals surface area (Å²) in [5.41, 5.74) is -0.0804. The van der Waals surface area contributed by atoms with Gasteiger partial charge in [-0.3, -0.25) is 0 Å². The first-order valence-electron chi connectivity index (χ1n) is 4.36. The molecule has 0 amide bonds. The highest BCUT2D eigenvalue weighted by Gasteiger charge is 2.40. The summed E-state index contributed by atoms with van der Waals surface area (Å²) in [5.74, 6) is 0. The van der Waals surface area contributed by atoms with Gasteiger partial charge in [0, 0.05) is 0 Å². The summed E-state index contributed by atoms with van der Waals surface area (Å²) in [4.78, 5) is 0. The van der Waals surface area contributed by atoms with E-state index >= 15 is 0 Å². The molecule has 0 spiro atoms. The number of hydrogen-bond donors (Lipinski definition) is 1. The van der Waals surface area contributed by atoms with Gasteiger partial charge in [0.2, 0.25) is 0 Å². The van der Waals surface area contributed by atoms with Crippen LogP contribution in [0.15, 0.2) is 0 Å². The molecule has 0 aromatic rings. The van der Waals surface area contributed by atoms with Crippen LogP contribution in [0.25, 0.3) is 0 Å². The van der Waals surface area contributed by atoms with Crippen molar-refractivity contribution in [3.05, 3.63) is 0 Å². The molecule has 68 valence electrons. The molecule has 2 nitrogen and oxygen atoms in total. The van der Waals surface area contributed by atoms with Gasteiger partial charge in [-0.25, -0.2) is 5.21 Å². The van der Waals surface area contributed by atoms with Crippen LogP contribution in [0.5, 0.6) is 0 Å². The molecule has 1 N–H and O–H groups in total. The summed E-state index contributed by atoms with van der Waals surface area (Å²) in [6.45, 7) is 13.1. The Bertz CT molecular complexity index is 126. The van der Waals surface area contributed by atoms with Gasteiger partial charge < -0.3 is 0 Å². The van der Waals surface area contributed by atoms with E-state index in [0.717, 1.165) is 6.54 Å². The second kappa shape index (κ2) is 3.11. The van der Waals surface area contributed by atoms with Crippen LogP contribution in [-0.4, -0.2) is 28.0 Å². The van der Waals surface area contributed by atoms with Gasteiger partial charge in [0.15, 0.2) is 0 Å². The Morgan fingerprint density at radius 2 is 1.64 bits per heavy atom. The zero-order valence-electron chi connectivity index (χ0n) is 8.68. The van der Waals surface area contributed by atoms with Crippen molar-refractivity contribution in [2.75, 3.05) is 6.54 Å². The van der Waals surface area contributed by atoms with Crippen LogP contribution >= 0.6 is 0 Å². The molecule has 0 aliphatic rings. The average molecular weight is 160 g/mol. The number of hydrogen-bond acceptors (Lipinski definition) is 1. The lowest BCUT2D eigenvalue weighted by Crippen LogP contribution is -2.61. The second-order valence-corrected chi connectivity index (χ2v) is 4.41. The maximum absolute atomic E-state index is 10.2. The Hall–Kier alpha value is -0.0800. The molecule has 0 rings (SSSR count). The molecule has 2 heteroatoms. The van der Waals surface area contributed by atoms with E-state index in [2.05, 4.69) is 34.6 Å². The zero-order valence-corrected chi connectivity index (χ0v) is 8.68. The fourth-order valence-corrected chi connectivity index (χ4v) is 1.61. The number of hydroxylamine groups is 3. The van der Waals surface area contributed by atoms with Crippen LogP contribution in [0.4, 0.5) is 0 Å². The van der Waals surface area contributed by atoms with E-state index in [-0.39, 0.29) is 16.2 Å². The van der Waals surface area contributed by atoms with Gasteiger partial charge in [0.05, 0.1) is 0 Å². The fraction of sp³-hybridized carbons (Fsp3) is 1.00. The number of nitrogens with zero attached hydrogens (tertiary/aromatic N) is 1. The van der Waals surface area contributed by atoms with Gasteiger partial charge in [0.25, 0.3) is 0 Å². The lowest BCUT2D eigenvalue weighted by Gasteiger charge is -2.43. The van der Waals surface area contributed by atoms with E-state index in [1.54, 1.807) is 0 Å². The maximum atomic E-state index is 10.2. The summed E-state index contributed by atoms with van der Waals surface area (Å²) >= 11 is 0. The molecule has 0 saturated heterocycles. The first-order valence-corrected chi connectivity index (χ1v) is 4.36. The summed E-state index contributed by atoms with van der Waals surface area (Å²) in [6, 6.07) is 0.264. The lowest BCUT2D eigenvalue weighted by atomic mass is 10.0. The molecule has 0 saturated carbocycles. The molecule has 0 heterocycles. The van der Waals surface area contributed by atoms with Crippen molar-refractivity contribution < 1.29 is 9.85 Å². The van der Waals surface area contributed by atoms with Crippen LogP contribution in [0.3, 0.4) is 0 Å². The average Bonchev–Trinajstić information content (AvgIpc) is 1.83. The summed E-state index contributed by atoms with van der Waals surface area (Å²) < 4.78 is 0.146. The van der Waals surface area contributed by atoms with E-state index in [0.29, 0.717) is 0 Å². The Kier molecular flexibility index (Phi) is 3.09. The quantitative estimate of drug-likeness (QED) is 0.486. The Balaban J connectivity index is 4.61. The highest BCUT2D eigenvalue weighted by Crippen LogP contribution is 2.24. The van der Waals surface area contributed by atoms with E-state index in [9.17, 15) is 5.21 Å². The van der Waals surface area contributed by atoms with Crippen LogP contribution < -0.4 is 0 Å². The van der Waals surface area contributed by atoms with Gasteiger partial charge in [-0.15, -0.1) is 0 Å². The van der Waals surface area contributed by atoms with Crippen molar-refractivity contribution in [1.29, 1.82) is 0 Å².